The van der Waals surface area contributed by atoms with Crippen molar-refractivity contribution in [1.29, 1.82) is 0 Å². The Hall–Kier alpha value is -0.120. The maximum absolute atomic E-state index is 4.08. The summed E-state index contributed by atoms with van der Waals surface area (Å²) < 4.78 is 1.28. The summed E-state index contributed by atoms with van der Waals surface area (Å²) in [4.78, 5) is 4.08. The summed E-state index contributed by atoms with van der Waals surface area (Å²) in [5.41, 5.74) is 2.73. The molecule has 0 bridgehead atoms. The predicted molar refractivity (Wildman–Crippen MR) is 51.1 cm³/mol. The Morgan fingerprint density at radius 1 is 1.50 bits per heavy atom. The van der Waals surface area contributed by atoms with Gasteiger partial charge < -0.3 is 0 Å². The van der Waals surface area contributed by atoms with Gasteiger partial charge >= 0.3 is 0 Å². The van der Waals surface area contributed by atoms with Crippen LogP contribution in [0.4, 0.5) is 0 Å². The van der Waals surface area contributed by atoms with Crippen LogP contribution in [0.1, 0.15) is 18.1 Å². The second kappa shape index (κ2) is 3.32. The average molecular weight is 247 g/mol. The van der Waals surface area contributed by atoms with Crippen LogP contribution in [-0.2, 0) is 6.42 Å². The molecule has 0 aliphatic rings. The molecule has 1 nitrogen and oxygen atoms in total. The molecule has 0 aliphatic heterocycles. The summed E-state index contributed by atoms with van der Waals surface area (Å²) in [6, 6.07) is 0. The van der Waals surface area contributed by atoms with Gasteiger partial charge in [-0.25, -0.2) is 0 Å². The smallest absolute Gasteiger partial charge is 0.0404 e. The van der Waals surface area contributed by atoms with Crippen molar-refractivity contribution in [2.45, 2.75) is 20.3 Å². The van der Waals surface area contributed by atoms with Gasteiger partial charge in [-0.3, -0.25) is 4.98 Å². The molecule has 1 heterocycles. The third kappa shape index (κ3) is 1.48. The lowest BCUT2D eigenvalue weighted by molar-refractivity contribution is 1.06. The largest absolute Gasteiger partial charge is 0.263 e. The van der Waals surface area contributed by atoms with Crippen molar-refractivity contribution in [3.05, 3.63) is 27.1 Å². The van der Waals surface area contributed by atoms with E-state index in [1.165, 1.54) is 14.7 Å². The maximum Gasteiger partial charge on any atom is 0.0404 e. The molecule has 2 heteroatoms. The Kier molecular flexibility index (Phi) is 2.65. The molecule has 10 heavy (non-hydrogen) atoms. The van der Waals surface area contributed by atoms with Gasteiger partial charge in [0.2, 0.25) is 0 Å². The SMILES string of the molecule is CCc1c(C)cncc1I. The molecule has 0 saturated heterocycles. The van der Waals surface area contributed by atoms with Crippen molar-refractivity contribution < 1.29 is 0 Å². The lowest BCUT2D eigenvalue weighted by Gasteiger charge is -2.02. The van der Waals surface area contributed by atoms with Crippen molar-refractivity contribution in [1.82, 2.24) is 4.98 Å². The van der Waals surface area contributed by atoms with E-state index in [4.69, 9.17) is 0 Å². The van der Waals surface area contributed by atoms with Crippen molar-refractivity contribution in [3.8, 4) is 0 Å². The highest BCUT2D eigenvalue weighted by molar-refractivity contribution is 14.1. The molecule has 0 fully saturated rings. The van der Waals surface area contributed by atoms with Crippen LogP contribution in [0.25, 0.3) is 0 Å². The summed E-state index contributed by atoms with van der Waals surface area (Å²) >= 11 is 2.32. The van der Waals surface area contributed by atoms with Crippen LogP contribution < -0.4 is 0 Å². The number of nitrogens with zero attached hydrogens (tertiary/aromatic N) is 1. The number of hydrogen-bond acceptors (Lipinski definition) is 1. The molecule has 0 aromatic carbocycles. The topological polar surface area (TPSA) is 12.9 Å². The lowest BCUT2D eigenvalue weighted by atomic mass is 10.1. The second-order valence-corrected chi connectivity index (χ2v) is 3.43. The highest BCUT2D eigenvalue weighted by Gasteiger charge is 1.99. The normalized spacial score (nSPS) is 9.90. The van der Waals surface area contributed by atoms with Crippen molar-refractivity contribution in [2.24, 2.45) is 0 Å². The first kappa shape index (κ1) is 7.98. The Labute approximate surface area is 75.0 Å². The molecule has 0 saturated carbocycles. The third-order valence-corrected chi connectivity index (χ3v) is 2.50. The summed E-state index contributed by atoms with van der Waals surface area (Å²) in [5.74, 6) is 0. The van der Waals surface area contributed by atoms with E-state index in [0.29, 0.717) is 0 Å². The highest BCUT2D eigenvalue weighted by Crippen LogP contribution is 2.14. The molecule has 1 rings (SSSR count). The molecule has 0 amide bonds. The van der Waals surface area contributed by atoms with E-state index in [2.05, 4.69) is 41.4 Å². The van der Waals surface area contributed by atoms with E-state index in [1.807, 2.05) is 12.4 Å². The van der Waals surface area contributed by atoms with Crippen molar-refractivity contribution in [3.63, 3.8) is 0 Å². The fourth-order valence-electron chi connectivity index (χ4n) is 1.01. The number of halogens is 1. The summed E-state index contributed by atoms with van der Waals surface area (Å²) in [7, 11) is 0. The fourth-order valence-corrected chi connectivity index (χ4v) is 1.97. The van der Waals surface area contributed by atoms with Gasteiger partial charge in [-0.05, 0) is 47.1 Å². The van der Waals surface area contributed by atoms with Crippen molar-refractivity contribution >= 4 is 22.6 Å². The molecule has 0 N–H and O–H groups in total. The van der Waals surface area contributed by atoms with Gasteiger partial charge in [-0.2, -0.15) is 0 Å². The predicted octanol–water partition coefficient (Wildman–Crippen LogP) is 2.56. The molecular weight excluding hydrogens is 237 g/mol. The monoisotopic (exact) mass is 247 g/mol. The quantitative estimate of drug-likeness (QED) is 0.695. The number of aryl methyl sites for hydroxylation is 1. The summed E-state index contributed by atoms with van der Waals surface area (Å²) in [6.45, 7) is 4.28. The average Bonchev–Trinajstić information content (AvgIpc) is 1.88. The molecule has 1 aromatic heterocycles. The molecule has 0 aliphatic carbocycles. The van der Waals surface area contributed by atoms with E-state index < -0.39 is 0 Å². The maximum atomic E-state index is 4.08. The molecule has 54 valence electrons. The lowest BCUT2D eigenvalue weighted by Crippen LogP contribution is -1.91. The standard InChI is InChI=1S/C8H10IN/c1-3-7-6(2)4-10-5-8(7)9/h4-5H,3H2,1-2H3. The van der Waals surface area contributed by atoms with E-state index >= 15 is 0 Å². The van der Waals surface area contributed by atoms with Gasteiger partial charge in [0.15, 0.2) is 0 Å². The summed E-state index contributed by atoms with van der Waals surface area (Å²) in [6.07, 6.45) is 4.93. The van der Waals surface area contributed by atoms with Crippen LogP contribution in [0.15, 0.2) is 12.4 Å². The van der Waals surface area contributed by atoms with Gasteiger partial charge in [0.25, 0.3) is 0 Å². The first-order chi connectivity index (χ1) is 4.75. The Bertz CT molecular complexity index is 212. The Morgan fingerprint density at radius 2 is 2.20 bits per heavy atom. The third-order valence-electron chi connectivity index (χ3n) is 1.57. The van der Waals surface area contributed by atoms with Crippen LogP contribution in [0.3, 0.4) is 0 Å². The molecule has 0 spiro atoms. The number of pyridine rings is 1. The highest BCUT2D eigenvalue weighted by atomic mass is 127. The molecule has 0 radical (unpaired) electrons. The first-order valence-corrected chi connectivity index (χ1v) is 4.42. The summed E-state index contributed by atoms with van der Waals surface area (Å²) in [5, 5.41) is 0. The molecule has 0 unspecified atom stereocenters. The van der Waals surface area contributed by atoms with Gasteiger partial charge in [0.1, 0.15) is 0 Å². The molecule has 0 atom stereocenters. The van der Waals surface area contributed by atoms with E-state index in [0.717, 1.165) is 6.42 Å². The van der Waals surface area contributed by atoms with E-state index in [1.54, 1.807) is 0 Å². The van der Waals surface area contributed by atoms with Crippen LogP contribution in [-0.4, -0.2) is 4.98 Å². The molecular formula is C8H10IN. The number of hydrogen-bond donors (Lipinski definition) is 0. The minimum absolute atomic E-state index is 1.10. The Morgan fingerprint density at radius 3 is 2.60 bits per heavy atom. The van der Waals surface area contributed by atoms with Crippen molar-refractivity contribution in [2.75, 3.05) is 0 Å². The Balaban J connectivity index is 3.17. The van der Waals surface area contributed by atoms with Crippen LogP contribution >= 0.6 is 22.6 Å². The van der Waals surface area contributed by atoms with E-state index in [-0.39, 0.29) is 0 Å². The van der Waals surface area contributed by atoms with Gasteiger partial charge in [0, 0.05) is 16.0 Å². The molecule has 1 aromatic rings. The van der Waals surface area contributed by atoms with Gasteiger partial charge in [0.05, 0.1) is 0 Å². The number of aromatic nitrogens is 1. The van der Waals surface area contributed by atoms with Gasteiger partial charge in [-0.15, -0.1) is 0 Å². The van der Waals surface area contributed by atoms with Crippen LogP contribution in [0, 0.1) is 10.5 Å². The first-order valence-electron chi connectivity index (χ1n) is 3.34. The van der Waals surface area contributed by atoms with Gasteiger partial charge in [-0.1, -0.05) is 6.92 Å². The second-order valence-electron chi connectivity index (χ2n) is 2.27. The number of rotatable bonds is 1. The minimum Gasteiger partial charge on any atom is -0.263 e. The zero-order valence-electron chi connectivity index (χ0n) is 6.19. The zero-order chi connectivity index (χ0) is 7.56. The zero-order valence-corrected chi connectivity index (χ0v) is 8.34. The van der Waals surface area contributed by atoms with Crippen LogP contribution in [0.5, 0.6) is 0 Å². The van der Waals surface area contributed by atoms with E-state index in [9.17, 15) is 0 Å². The fraction of sp³-hybridized carbons (Fsp3) is 0.375. The van der Waals surface area contributed by atoms with Crippen LogP contribution in [0.2, 0.25) is 0 Å². The minimum atomic E-state index is 1.10.